The Morgan fingerprint density at radius 3 is 2.60 bits per heavy atom. The van der Waals surface area contributed by atoms with E-state index in [1.54, 1.807) is 0 Å². The molecule has 0 spiro atoms. The summed E-state index contributed by atoms with van der Waals surface area (Å²) < 4.78 is 10.5. The van der Waals surface area contributed by atoms with Crippen molar-refractivity contribution in [2.75, 3.05) is 13.2 Å². The van der Waals surface area contributed by atoms with Gasteiger partial charge in [0.2, 0.25) is 0 Å². The summed E-state index contributed by atoms with van der Waals surface area (Å²) in [5.74, 6) is 1.14. The molecule has 1 aliphatic rings. The first-order valence-electron chi connectivity index (χ1n) is 9.10. The predicted molar refractivity (Wildman–Crippen MR) is 96.4 cm³/mol. The molecule has 0 aliphatic heterocycles. The second-order valence-corrected chi connectivity index (χ2v) is 7.01. The van der Waals surface area contributed by atoms with Crippen LogP contribution in [0, 0.1) is 18.8 Å². The summed E-state index contributed by atoms with van der Waals surface area (Å²) in [5, 5.41) is 2.99. The van der Waals surface area contributed by atoms with Gasteiger partial charge in [-0.15, -0.1) is 0 Å². The second-order valence-electron chi connectivity index (χ2n) is 7.01. The first-order valence-corrected chi connectivity index (χ1v) is 9.10. The topological polar surface area (TPSA) is 64.6 Å². The molecule has 138 valence electrons. The van der Waals surface area contributed by atoms with Crippen LogP contribution in [0.2, 0.25) is 0 Å². The van der Waals surface area contributed by atoms with Crippen LogP contribution in [0.15, 0.2) is 24.3 Å². The van der Waals surface area contributed by atoms with Gasteiger partial charge in [0.15, 0.2) is 6.61 Å². The fourth-order valence-electron chi connectivity index (χ4n) is 3.14. The van der Waals surface area contributed by atoms with Gasteiger partial charge < -0.3 is 14.8 Å². The van der Waals surface area contributed by atoms with Crippen LogP contribution in [0.5, 0.6) is 5.75 Å². The lowest BCUT2D eigenvalue weighted by molar-refractivity contribution is -0.149. The van der Waals surface area contributed by atoms with E-state index >= 15 is 0 Å². The number of benzene rings is 1. The number of ether oxygens (including phenoxy) is 2. The van der Waals surface area contributed by atoms with Crippen molar-refractivity contribution in [1.82, 2.24) is 5.32 Å². The summed E-state index contributed by atoms with van der Waals surface area (Å²) >= 11 is 0. The number of amides is 1. The van der Waals surface area contributed by atoms with Crippen molar-refractivity contribution >= 4 is 11.9 Å². The largest absolute Gasteiger partial charge is 0.493 e. The van der Waals surface area contributed by atoms with Crippen LogP contribution in [0.1, 0.15) is 45.1 Å². The molecular weight excluding hydrogens is 318 g/mol. The molecule has 5 nitrogen and oxygen atoms in total. The highest BCUT2D eigenvalue weighted by molar-refractivity contribution is 5.80. The number of esters is 1. The van der Waals surface area contributed by atoms with Crippen LogP contribution >= 0.6 is 0 Å². The molecule has 1 saturated carbocycles. The van der Waals surface area contributed by atoms with Crippen molar-refractivity contribution in [1.29, 1.82) is 0 Å². The fraction of sp³-hybridized carbons (Fsp3) is 0.600. The van der Waals surface area contributed by atoms with Crippen molar-refractivity contribution in [2.45, 2.75) is 52.5 Å². The molecule has 0 heterocycles. The second kappa shape index (κ2) is 9.44. The predicted octanol–water partition coefficient (Wildman–Crippen LogP) is 3.25. The zero-order valence-corrected chi connectivity index (χ0v) is 15.4. The van der Waals surface area contributed by atoms with Crippen LogP contribution in [0.4, 0.5) is 0 Å². The smallest absolute Gasteiger partial charge is 0.309 e. The van der Waals surface area contributed by atoms with Gasteiger partial charge in [0.1, 0.15) is 5.75 Å². The normalized spacial score (nSPS) is 22.9. The molecule has 1 N–H and O–H groups in total. The summed E-state index contributed by atoms with van der Waals surface area (Å²) in [7, 11) is 0. The van der Waals surface area contributed by atoms with Crippen LogP contribution < -0.4 is 10.1 Å². The van der Waals surface area contributed by atoms with Gasteiger partial charge in [0.25, 0.3) is 5.91 Å². The Kier molecular flexibility index (Phi) is 7.29. The average Bonchev–Trinajstić information content (AvgIpc) is 2.59. The first kappa shape index (κ1) is 19.3. The minimum Gasteiger partial charge on any atom is -0.493 e. The van der Waals surface area contributed by atoms with E-state index in [9.17, 15) is 9.59 Å². The molecule has 3 atom stereocenters. The lowest BCUT2D eigenvalue weighted by Gasteiger charge is -2.34. The highest BCUT2D eigenvalue weighted by Crippen LogP contribution is 2.29. The molecular formula is C20H29NO4. The zero-order chi connectivity index (χ0) is 18.2. The lowest BCUT2D eigenvalue weighted by Crippen LogP contribution is -2.45. The summed E-state index contributed by atoms with van der Waals surface area (Å²) in [6.45, 7) is 6.41. The van der Waals surface area contributed by atoms with E-state index in [0.717, 1.165) is 24.2 Å². The molecule has 1 aromatic rings. The Bertz CT molecular complexity index is 570. The minimum atomic E-state index is -0.424. The highest BCUT2D eigenvalue weighted by atomic mass is 16.5. The molecule has 0 bridgehead atoms. The molecule has 1 aliphatic carbocycles. The summed E-state index contributed by atoms with van der Waals surface area (Å²) in [5.41, 5.74) is 1.15. The van der Waals surface area contributed by atoms with Gasteiger partial charge in [-0.1, -0.05) is 44.4 Å². The van der Waals surface area contributed by atoms with Gasteiger partial charge in [0, 0.05) is 6.04 Å². The van der Waals surface area contributed by atoms with E-state index in [0.29, 0.717) is 11.8 Å². The third-order valence-electron chi connectivity index (χ3n) is 5.01. The number of aryl methyl sites for hydroxylation is 1. The average molecular weight is 347 g/mol. The standard InChI is InChI=1S/C20H29NO4/c1-14-7-9-17(10-8-14)24-12-11-20(23)25-13-19(22)21-18-6-4-5-15(2)16(18)3/h7-10,15-16,18H,4-6,11-13H2,1-3H3,(H,21,22)/t15-,16+,18+/m1/s1. The summed E-state index contributed by atoms with van der Waals surface area (Å²) in [6, 6.07) is 7.80. The van der Waals surface area contributed by atoms with Crippen molar-refractivity contribution in [2.24, 2.45) is 11.8 Å². The van der Waals surface area contributed by atoms with Gasteiger partial charge in [-0.05, 0) is 37.3 Å². The van der Waals surface area contributed by atoms with Crippen LogP contribution in [0.3, 0.4) is 0 Å². The van der Waals surface area contributed by atoms with E-state index in [2.05, 4.69) is 19.2 Å². The molecule has 0 radical (unpaired) electrons. The van der Waals surface area contributed by atoms with Crippen molar-refractivity contribution in [3.05, 3.63) is 29.8 Å². The van der Waals surface area contributed by atoms with E-state index in [4.69, 9.17) is 9.47 Å². The maximum absolute atomic E-state index is 12.0. The lowest BCUT2D eigenvalue weighted by atomic mass is 9.78. The Labute approximate surface area is 150 Å². The van der Waals surface area contributed by atoms with Crippen LogP contribution in [0.25, 0.3) is 0 Å². The van der Waals surface area contributed by atoms with Crippen molar-refractivity contribution < 1.29 is 19.1 Å². The van der Waals surface area contributed by atoms with Crippen LogP contribution in [-0.4, -0.2) is 31.1 Å². The quantitative estimate of drug-likeness (QED) is 0.769. The van der Waals surface area contributed by atoms with Crippen molar-refractivity contribution in [3.8, 4) is 5.75 Å². The van der Waals surface area contributed by atoms with Gasteiger partial charge in [-0.2, -0.15) is 0 Å². The number of rotatable bonds is 7. The maximum atomic E-state index is 12.0. The van der Waals surface area contributed by atoms with E-state index in [-0.39, 0.29) is 31.6 Å². The Morgan fingerprint density at radius 2 is 1.88 bits per heavy atom. The van der Waals surface area contributed by atoms with Gasteiger partial charge >= 0.3 is 5.97 Å². The number of hydrogen-bond acceptors (Lipinski definition) is 4. The maximum Gasteiger partial charge on any atom is 0.309 e. The minimum absolute atomic E-state index is 0.123. The molecule has 1 amide bonds. The number of hydrogen-bond donors (Lipinski definition) is 1. The highest BCUT2D eigenvalue weighted by Gasteiger charge is 2.28. The SMILES string of the molecule is Cc1ccc(OCCC(=O)OCC(=O)N[C@H]2CCC[C@@H](C)[C@@H]2C)cc1. The number of carbonyl (C=O) groups excluding carboxylic acids is 2. The summed E-state index contributed by atoms with van der Waals surface area (Å²) in [6.07, 6.45) is 3.46. The van der Waals surface area contributed by atoms with E-state index in [1.807, 2.05) is 31.2 Å². The molecule has 1 fully saturated rings. The molecule has 25 heavy (non-hydrogen) atoms. The molecule has 0 unspecified atom stereocenters. The van der Waals surface area contributed by atoms with Gasteiger partial charge in [0.05, 0.1) is 13.0 Å². The van der Waals surface area contributed by atoms with Gasteiger partial charge in [-0.25, -0.2) is 0 Å². The van der Waals surface area contributed by atoms with E-state index in [1.165, 1.54) is 6.42 Å². The molecule has 0 aromatic heterocycles. The Balaban J connectivity index is 1.62. The molecule has 0 saturated heterocycles. The first-order chi connectivity index (χ1) is 12.0. The summed E-state index contributed by atoms with van der Waals surface area (Å²) in [4.78, 5) is 23.7. The number of nitrogens with one attached hydrogen (secondary N) is 1. The van der Waals surface area contributed by atoms with Crippen LogP contribution in [-0.2, 0) is 14.3 Å². The molecule has 1 aromatic carbocycles. The van der Waals surface area contributed by atoms with E-state index < -0.39 is 5.97 Å². The molecule has 2 rings (SSSR count). The number of carbonyl (C=O) groups is 2. The van der Waals surface area contributed by atoms with Gasteiger partial charge in [-0.3, -0.25) is 9.59 Å². The fourth-order valence-corrected chi connectivity index (χ4v) is 3.14. The third-order valence-corrected chi connectivity index (χ3v) is 5.01. The molecule has 5 heteroatoms. The Hall–Kier alpha value is -2.04. The third kappa shape index (κ3) is 6.40. The monoisotopic (exact) mass is 347 g/mol. The van der Waals surface area contributed by atoms with Crippen molar-refractivity contribution in [3.63, 3.8) is 0 Å². The Morgan fingerprint density at radius 1 is 1.16 bits per heavy atom. The zero-order valence-electron chi connectivity index (χ0n) is 15.4.